The van der Waals surface area contributed by atoms with E-state index in [2.05, 4.69) is 23.2 Å². The Bertz CT molecular complexity index is 468. The van der Waals surface area contributed by atoms with Crippen molar-refractivity contribution in [3.63, 3.8) is 0 Å². The second-order valence-electron chi connectivity index (χ2n) is 4.29. The number of benzene rings is 1. The third kappa shape index (κ3) is 3.31. The van der Waals surface area contributed by atoms with E-state index in [9.17, 15) is 0 Å². The van der Waals surface area contributed by atoms with Crippen molar-refractivity contribution in [2.75, 3.05) is 6.54 Å². The molecule has 3 heteroatoms. The average molecular weight is 261 g/mol. The number of rotatable bonds is 5. The number of nitrogens with two attached hydrogens (primary N) is 1. The van der Waals surface area contributed by atoms with E-state index in [1.165, 1.54) is 5.56 Å². The predicted octanol–water partition coefficient (Wildman–Crippen LogP) is 3.61. The molecule has 0 aliphatic rings. The fraction of sp³-hybridized carbons (Fsp3) is 0.267. The van der Waals surface area contributed by atoms with E-state index in [-0.39, 0.29) is 0 Å². The fourth-order valence-corrected chi connectivity index (χ4v) is 2.21. The topological polar surface area (TPSA) is 38.9 Å². The lowest BCUT2D eigenvalue weighted by Crippen LogP contribution is -2.07. The van der Waals surface area contributed by atoms with Crippen LogP contribution in [-0.2, 0) is 0 Å². The highest BCUT2D eigenvalue weighted by Gasteiger charge is 2.14. The smallest absolute Gasteiger partial charge is 0.0478 e. The first kappa shape index (κ1) is 13.1. The molecule has 0 amide bonds. The number of pyridine rings is 1. The molecule has 0 radical (unpaired) electrons. The Labute approximate surface area is 113 Å². The van der Waals surface area contributed by atoms with Crippen molar-refractivity contribution in [3.05, 3.63) is 64.9 Å². The van der Waals surface area contributed by atoms with Gasteiger partial charge < -0.3 is 5.73 Å². The standard InChI is InChI=1S/C15H17ClN2/c16-13-8-6-12(7-9-13)14(4-3-10-17)15-5-1-2-11-18-15/h1-2,5-9,11,14H,3-4,10,17H2. The van der Waals surface area contributed by atoms with Crippen LogP contribution in [0.15, 0.2) is 48.7 Å². The molecule has 94 valence electrons. The Morgan fingerprint density at radius 2 is 1.89 bits per heavy atom. The van der Waals surface area contributed by atoms with Gasteiger partial charge in [0.25, 0.3) is 0 Å². The molecule has 18 heavy (non-hydrogen) atoms. The van der Waals surface area contributed by atoms with Crippen molar-refractivity contribution in [3.8, 4) is 0 Å². The first-order valence-corrected chi connectivity index (χ1v) is 6.55. The van der Waals surface area contributed by atoms with E-state index >= 15 is 0 Å². The molecule has 0 fully saturated rings. The second-order valence-corrected chi connectivity index (χ2v) is 4.73. The van der Waals surface area contributed by atoms with Crippen LogP contribution in [0, 0.1) is 0 Å². The van der Waals surface area contributed by atoms with Crippen molar-refractivity contribution < 1.29 is 0 Å². The second kappa shape index (κ2) is 6.53. The van der Waals surface area contributed by atoms with Crippen LogP contribution in [-0.4, -0.2) is 11.5 Å². The highest BCUT2D eigenvalue weighted by Crippen LogP contribution is 2.28. The van der Waals surface area contributed by atoms with E-state index in [0.29, 0.717) is 12.5 Å². The molecule has 0 bridgehead atoms. The van der Waals surface area contributed by atoms with E-state index in [0.717, 1.165) is 23.6 Å². The third-order valence-electron chi connectivity index (χ3n) is 3.01. The minimum atomic E-state index is 0.298. The summed E-state index contributed by atoms with van der Waals surface area (Å²) >= 11 is 5.93. The molecular weight excluding hydrogens is 244 g/mol. The number of hydrogen-bond donors (Lipinski definition) is 1. The Balaban J connectivity index is 2.27. The van der Waals surface area contributed by atoms with Gasteiger partial charge in [-0.25, -0.2) is 0 Å². The lowest BCUT2D eigenvalue weighted by Gasteiger charge is -2.16. The first-order chi connectivity index (χ1) is 8.81. The lowest BCUT2D eigenvalue weighted by molar-refractivity contribution is 0.655. The van der Waals surface area contributed by atoms with Gasteiger partial charge in [-0.15, -0.1) is 0 Å². The zero-order valence-corrected chi connectivity index (χ0v) is 11.0. The highest BCUT2D eigenvalue weighted by atomic mass is 35.5. The Kier molecular flexibility index (Phi) is 4.73. The summed E-state index contributed by atoms with van der Waals surface area (Å²) in [6, 6.07) is 14.0. The van der Waals surface area contributed by atoms with Gasteiger partial charge in [0.2, 0.25) is 0 Å². The van der Waals surface area contributed by atoms with Crippen LogP contribution >= 0.6 is 11.6 Å². The summed E-state index contributed by atoms with van der Waals surface area (Å²) in [5.41, 5.74) is 7.95. The molecule has 0 aliphatic carbocycles. The highest BCUT2D eigenvalue weighted by molar-refractivity contribution is 6.30. The van der Waals surface area contributed by atoms with Gasteiger partial charge in [0.05, 0.1) is 0 Å². The molecule has 0 saturated heterocycles. The molecule has 0 spiro atoms. The van der Waals surface area contributed by atoms with Crippen LogP contribution in [0.4, 0.5) is 0 Å². The van der Waals surface area contributed by atoms with Crippen molar-refractivity contribution >= 4 is 11.6 Å². The van der Waals surface area contributed by atoms with Gasteiger partial charge in [0, 0.05) is 22.8 Å². The number of halogens is 1. The van der Waals surface area contributed by atoms with Crippen LogP contribution in [0.5, 0.6) is 0 Å². The SMILES string of the molecule is NCCCC(c1ccc(Cl)cc1)c1ccccn1. The van der Waals surface area contributed by atoms with Crippen molar-refractivity contribution in [2.24, 2.45) is 5.73 Å². The molecule has 0 aliphatic heterocycles. The van der Waals surface area contributed by atoms with Crippen LogP contribution in [0.2, 0.25) is 5.02 Å². The minimum absolute atomic E-state index is 0.298. The van der Waals surface area contributed by atoms with Gasteiger partial charge in [-0.3, -0.25) is 4.98 Å². The minimum Gasteiger partial charge on any atom is -0.330 e. The molecular formula is C15H17ClN2. The fourth-order valence-electron chi connectivity index (χ4n) is 2.08. The van der Waals surface area contributed by atoms with Crippen molar-refractivity contribution in [1.29, 1.82) is 0 Å². The molecule has 1 atom stereocenters. The molecule has 1 heterocycles. The largest absolute Gasteiger partial charge is 0.330 e. The van der Waals surface area contributed by atoms with Crippen LogP contribution < -0.4 is 5.73 Å². The van der Waals surface area contributed by atoms with Gasteiger partial charge in [-0.05, 0) is 49.2 Å². The Morgan fingerprint density at radius 3 is 2.50 bits per heavy atom. The summed E-state index contributed by atoms with van der Waals surface area (Å²) < 4.78 is 0. The maximum Gasteiger partial charge on any atom is 0.0478 e. The summed E-state index contributed by atoms with van der Waals surface area (Å²) in [5.74, 6) is 0.298. The predicted molar refractivity (Wildman–Crippen MR) is 75.8 cm³/mol. The van der Waals surface area contributed by atoms with E-state index < -0.39 is 0 Å². The van der Waals surface area contributed by atoms with E-state index in [4.69, 9.17) is 17.3 Å². The zero-order valence-electron chi connectivity index (χ0n) is 10.2. The van der Waals surface area contributed by atoms with Gasteiger partial charge in [-0.2, -0.15) is 0 Å². The summed E-state index contributed by atoms with van der Waals surface area (Å²) in [4.78, 5) is 4.46. The number of aromatic nitrogens is 1. The maximum atomic E-state index is 5.93. The molecule has 2 nitrogen and oxygen atoms in total. The van der Waals surface area contributed by atoms with Crippen molar-refractivity contribution in [2.45, 2.75) is 18.8 Å². The first-order valence-electron chi connectivity index (χ1n) is 6.17. The van der Waals surface area contributed by atoms with E-state index in [1.54, 1.807) is 0 Å². The summed E-state index contributed by atoms with van der Waals surface area (Å²) in [6.07, 6.45) is 3.83. The monoisotopic (exact) mass is 260 g/mol. The molecule has 1 unspecified atom stereocenters. The third-order valence-corrected chi connectivity index (χ3v) is 3.27. The summed E-state index contributed by atoms with van der Waals surface area (Å²) in [6.45, 7) is 0.705. The normalized spacial score (nSPS) is 12.3. The van der Waals surface area contributed by atoms with Crippen molar-refractivity contribution in [1.82, 2.24) is 4.98 Å². The van der Waals surface area contributed by atoms with Gasteiger partial charge in [0.15, 0.2) is 0 Å². The van der Waals surface area contributed by atoms with Crippen LogP contribution in [0.3, 0.4) is 0 Å². The van der Waals surface area contributed by atoms with Gasteiger partial charge >= 0.3 is 0 Å². The van der Waals surface area contributed by atoms with Crippen LogP contribution in [0.1, 0.15) is 30.0 Å². The van der Waals surface area contributed by atoms with Gasteiger partial charge in [-0.1, -0.05) is 29.8 Å². The molecule has 0 saturated carbocycles. The Morgan fingerprint density at radius 1 is 1.11 bits per heavy atom. The maximum absolute atomic E-state index is 5.93. The Hall–Kier alpha value is -1.38. The van der Waals surface area contributed by atoms with Gasteiger partial charge in [0.1, 0.15) is 0 Å². The average Bonchev–Trinajstić information content (AvgIpc) is 2.42. The summed E-state index contributed by atoms with van der Waals surface area (Å²) in [7, 11) is 0. The summed E-state index contributed by atoms with van der Waals surface area (Å²) in [5, 5.41) is 0.761. The number of hydrogen-bond acceptors (Lipinski definition) is 2. The molecule has 2 N–H and O–H groups in total. The molecule has 1 aromatic carbocycles. The molecule has 1 aromatic heterocycles. The lowest BCUT2D eigenvalue weighted by atomic mass is 9.91. The molecule has 2 aromatic rings. The van der Waals surface area contributed by atoms with Crippen LogP contribution in [0.25, 0.3) is 0 Å². The molecule has 2 rings (SSSR count). The number of nitrogens with zero attached hydrogens (tertiary/aromatic N) is 1. The zero-order chi connectivity index (χ0) is 12.8. The van der Waals surface area contributed by atoms with E-state index in [1.807, 2.05) is 30.5 Å². The quantitative estimate of drug-likeness (QED) is 0.892.